The van der Waals surface area contributed by atoms with Gasteiger partial charge in [-0.2, -0.15) is 0 Å². The summed E-state index contributed by atoms with van der Waals surface area (Å²) in [6.07, 6.45) is 80.1. The number of unbranched alkanes of at least 4 members (excludes halogenated alkanes) is 54. The highest BCUT2D eigenvalue weighted by Gasteiger charge is 2.18. The molecule has 0 radical (unpaired) electrons. The molecule has 3 N–H and O–H groups in total. The maximum Gasteiger partial charge on any atom is 0.305 e. The maximum atomic E-state index is 12.5. The molecule has 0 aliphatic heterocycles. The monoisotopic (exact) mass is 1060 g/mol. The summed E-state index contributed by atoms with van der Waals surface area (Å²) in [5.74, 6) is -0.0390. The molecule has 0 spiro atoms. The Morgan fingerprint density at radius 3 is 0.907 bits per heavy atom. The number of esters is 1. The van der Waals surface area contributed by atoms with Gasteiger partial charge in [-0.1, -0.05) is 360 Å². The van der Waals surface area contributed by atoms with Crippen molar-refractivity contribution in [1.82, 2.24) is 5.32 Å². The minimum atomic E-state index is -0.839. The second-order valence-electron chi connectivity index (χ2n) is 23.9. The minimum absolute atomic E-state index is 0.0218. The number of hydrogen-bond acceptors (Lipinski definition) is 5. The summed E-state index contributed by atoms with van der Waals surface area (Å²) < 4.78 is 5.48. The van der Waals surface area contributed by atoms with Crippen molar-refractivity contribution in [2.75, 3.05) is 13.2 Å². The van der Waals surface area contributed by atoms with Crippen LogP contribution < -0.4 is 5.32 Å². The summed E-state index contributed by atoms with van der Waals surface area (Å²) in [6, 6.07) is -0.623. The van der Waals surface area contributed by atoms with Crippen LogP contribution in [0.2, 0.25) is 0 Å². The number of nitrogens with one attached hydrogen (secondary N) is 1. The number of rotatable bonds is 65. The van der Waals surface area contributed by atoms with E-state index in [1.165, 1.54) is 327 Å². The normalized spacial score (nSPS) is 12.5. The lowest BCUT2D eigenvalue weighted by Gasteiger charge is -2.20. The Balaban J connectivity index is 3.32. The molecule has 0 saturated carbocycles. The lowest BCUT2D eigenvalue weighted by atomic mass is 10.0. The third kappa shape index (κ3) is 61.7. The summed E-state index contributed by atoms with van der Waals surface area (Å²) in [6.45, 7) is 4.93. The fourth-order valence-electron chi connectivity index (χ4n) is 11.1. The van der Waals surface area contributed by atoms with E-state index < -0.39 is 12.1 Å². The van der Waals surface area contributed by atoms with Crippen LogP contribution >= 0.6 is 0 Å². The Morgan fingerprint density at radius 1 is 0.360 bits per heavy atom. The number of allylic oxidation sites excluding steroid dienone is 1. The topological polar surface area (TPSA) is 95.9 Å². The van der Waals surface area contributed by atoms with Gasteiger partial charge < -0.3 is 20.3 Å². The second kappa shape index (κ2) is 65.1. The highest BCUT2D eigenvalue weighted by molar-refractivity contribution is 5.76. The number of amides is 1. The number of ether oxygens (including phenoxy) is 1. The molecule has 0 aliphatic carbocycles. The molecule has 2 unspecified atom stereocenters. The van der Waals surface area contributed by atoms with Gasteiger partial charge >= 0.3 is 5.97 Å². The first-order chi connectivity index (χ1) is 37.0. The molecule has 75 heavy (non-hydrogen) atoms. The van der Waals surface area contributed by atoms with Crippen LogP contribution in [0, 0.1) is 0 Å². The van der Waals surface area contributed by atoms with E-state index in [0.29, 0.717) is 19.4 Å². The van der Waals surface area contributed by atoms with Gasteiger partial charge in [-0.15, -0.1) is 0 Å². The van der Waals surface area contributed by atoms with Crippen molar-refractivity contribution in [2.24, 2.45) is 0 Å². The zero-order valence-electron chi connectivity index (χ0n) is 51.1. The van der Waals surface area contributed by atoms with Crippen molar-refractivity contribution in [3.8, 4) is 0 Å². The predicted octanol–water partition coefficient (Wildman–Crippen LogP) is 22.0. The molecule has 0 aromatic heterocycles. The Morgan fingerprint density at radius 2 is 0.613 bits per heavy atom. The van der Waals surface area contributed by atoms with E-state index >= 15 is 0 Å². The van der Waals surface area contributed by atoms with Crippen LogP contribution in [-0.2, 0) is 14.3 Å². The fraction of sp³-hybridized carbons (Fsp3) is 0.942. The lowest BCUT2D eigenvalue weighted by Crippen LogP contribution is -2.45. The third-order valence-electron chi connectivity index (χ3n) is 16.3. The molecule has 0 aromatic carbocycles. The van der Waals surface area contributed by atoms with Crippen LogP contribution in [0.5, 0.6) is 0 Å². The van der Waals surface area contributed by atoms with E-state index in [2.05, 4.69) is 19.2 Å². The van der Waals surface area contributed by atoms with Crippen molar-refractivity contribution in [1.29, 1.82) is 0 Å². The molecule has 6 nitrogen and oxygen atoms in total. The number of aliphatic hydroxyl groups is 2. The summed E-state index contributed by atoms with van der Waals surface area (Å²) >= 11 is 0. The van der Waals surface area contributed by atoms with E-state index in [4.69, 9.17) is 4.74 Å². The average Bonchev–Trinajstić information content (AvgIpc) is 3.41. The molecule has 0 saturated heterocycles. The quantitative estimate of drug-likeness (QED) is 0.0320. The number of hydrogen-bond donors (Lipinski definition) is 3. The van der Waals surface area contributed by atoms with E-state index in [1.54, 1.807) is 6.08 Å². The van der Waals surface area contributed by atoms with Crippen molar-refractivity contribution < 1.29 is 24.5 Å². The number of carbonyl (C=O) groups excluding carboxylic acids is 2. The maximum absolute atomic E-state index is 12.5. The molecule has 0 rings (SSSR count). The molecule has 1 amide bonds. The van der Waals surface area contributed by atoms with E-state index in [0.717, 1.165) is 38.5 Å². The third-order valence-corrected chi connectivity index (χ3v) is 16.3. The molecular formula is C69H135NO5. The first-order valence-corrected chi connectivity index (χ1v) is 34.5. The predicted molar refractivity (Wildman–Crippen MR) is 329 cm³/mol. The van der Waals surface area contributed by atoms with Crippen LogP contribution in [0.3, 0.4) is 0 Å². The first-order valence-electron chi connectivity index (χ1n) is 34.5. The zero-order valence-corrected chi connectivity index (χ0v) is 51.1. The number of aliphatic hydroxyl groups excluding tert-OH is 2. The van der Waals surface area contributed by atoms with Crippen molar-refractivity contribution >= 4 is 11.9 Å². The Bertz CT molecular complexity index is 1130. The van der Waals surface area contributed by atoms with E-state index in [-0.39, 0.29) is 18.5 Å². The van der Waals surface area contributed by atoms with E-state index in [1.807, 2.05) is 6.08 Å². The van der Waals surface area contributed by atoms with Crippen LogP contribution in [0.25, 0.3) is 0 Å². The van der Waals surface area contributed by atoms with Gasteiger partial charge in [0.1, 0.15) is 0 Å². The van der Waals surface area contributed by atoms with Gasteiger partial charge in [-0.05, 0) is 32.1 Å². The SMILES string of the molecule is CCCCCCCCCCCCCC/C=C/C(O)C(CO)NC(=O)CCCCCCCCCCCCCCCCCCCCCCCCCCCCCCCCCCCOC(=O)CCCCCCCCCCCCC. The Kier molecular flexibility index (Phi) is 63.9. The summed E-state index contributed by atoms with van der Waals surface area (Å²) in [7, 11) is 0. The van der Waals surface area contributed by atoms with Gasteiger partial charge in [0.2, 0.25) is 5.91 Å². The fourth-order valence-corrected chi connectivity index (χ4v) is 11.1. The van der Waals surface area contributed by atoms with Gasteiger partial charge in [0.25, 0.3) is 0 Å². The van der Waals surface area contributed by atoms with Crippen molar-refractivity contribution in [2.45, 2.75) is 405 Å². The molecule has 0 heterocycles. The zero-order chi connectivity index (χ0) is 54.3. The molecule has 446 valence electrons. The highest BCUT2D eigenvalue weighted by Crippen LogP contribution is 2.19. The lowest BCUT2D eigenvalue weighted by molar-refractivity contribution is -0.143. The molecule has 0 aliphatic rings. The van der Waals surface area contributed by atoms with Crippen molar-refractivity contribution in [3.63, 3.8) is 0 Å². The Labute approximate surface area is 469 Å². The molecule has 0 fully saturated rings. The van der Waals surface area contributed by atoms with Crippen LogP contribution in [0.15, 0.2) is 12.2 Å². The standard InChI is InChI=1S/C69H135NO5/c1-3-5-7-9-11-13-15-16-38-42-45-49-53-57-61-67(72)66(65-71)70-68(73)62-58-54-50-46-43-39-36-34-32-30-28-26-24-22-20-18-17-19-21-23-25-27-29-31-33-35-37-40-44-48-52-56-60-64-75-69(74)63-59-55-51-47-41-14-12-10-8-6-4-2/h57,61,66-67,71-72H,3-56,58-60,62-65H2,1-2H3,(H,70,73)/b61-57+. The van der Waals surface area contributed by atoms with Crippen LogP contribution in [-0.4, -0.2) is 47.4 Å². The number of carbonyl (C=O) groups is 2. The average molecular weight is 1060 g/mol. The van der Waals surface area contributed by atoms with Crippen LogP contribution in [0.4, 0.5) is 0 Å². The second-order valence-corrected chi connectivity index (χ2v) is 23.9. The van der Waals surface area contributed by atoms with Gasteiger partial charge in [0.15, 0.2) is 0 Å². The molecule has 2 atom stereocenters. The largest absolute Gasteiger partial charge is 0.466 e. The molecule has 6 heteroatoms. The molecule has 0 aromatic rings. The van der Waals surface area contributed by atoms with Crippen LogP contribution in [0.1, 0.15) is 393 Å². The van der Waals surface area contributed by atoms with E-state index in [9.17, 15) is 19.8 Å². The van der Waals surface area contributed by atoms with Crippen molar-refractivity contribution in [3.05, 3.63) is 12.2 Å². The first kappa shape index (κ1) is 73.6. The summed E-state index contributed by atoms with van der Waals surface area (Å²) in [4.78, 5) is 24.5. The van der Waals surface area contributed by atoms with Gasteiger partial charge in [0, 0.05) is 12.8 Å². The Hall–Kier alpha value is -1.40. The van der Waals surface area contributed by atoms with Gasteiger partial charge in [-0.25, -0.2) is 0 Å². The van der Waals surface area contributed by atoms with Gasteiger partial charge in [0.05, 0.1) is 25.4 Å². The molecular weight excluding hydrogens is 923 g/mol. The summed E-state index contributed by atoms with van der Waals surface area (Å²) in [5, 5.41) is 23.1. The van der Waals surface area contributed by atoms with Gasteiger partial charge in [-0.3, -0.25) is 9.59 Å². The minimum Gasteiger partial charge on any atom is -0.466 e. The molecule has 0 bridgehead atoms. The highest BCUT2D eigenvalue weighted by atomic mass is 16.5. The summed E-state index contributed by atoms with van der Waals surface area (Å²) in [5.41, 5.74) is 0. The smallest absolute Gasteiger partial charge is 0.305 e.